The van der Waals surface area contributed by atoms with Crippen molar-refractivity contribution in [3.05, 3.63) is 0 Å². The second-order valence-corrected chi connectivity index (χ2v) is 3.33. The molecule has 2 heterocycles. The van der Waals surface area contributed by atoms with Gasteiger partial charge in [0.05, 0.1) is 18.9 Å². The van der Waals surface area contributed by atoms with E-state index in [0.717, 1.165) is 0 Å². The predicted octanol–water partition coefficient (Wildman–Crippen LogP) is 0.310. The van der Waals surface area contributed by atoms with Crippen LogP contribution in [0.2, 0.25) is 0 Å². The molecule has 0 spiro atoms. The number of ether oxygens (including phenoxy) is 1. The second-order valence-electron chi connectivity index (χ2n) is 3.33. The maximum Gasteiger partial charge on any atom is 0.0626 e. The topological polar surface area (TPSA) is 45.1 Å². The van der Waals surface area contributed by atoms with Crippen molar-refractivity contribution >= 4 is 5.71 Å². The largest absolute Gasteiger partial charge is 0.411 e. The number of likely N-dealkylation sites (N-methyl/N-ethyl adjacent to an activating group) is 1. The highest BCUT2D eigenvalue weighted by Crippen LogP contribution is 2.23. The van der Waals surface area contributed by atoms with Crippen molar-refractivity contribution in [3.63, 3.8) is 0 Å². The van der Waals surface area contributed by atoms with Crippen molar-refractivity contribution in [1.29, 1.82) is 0 Å². The van der Waals surface area contributed by atoms with E-state index < -0.39 is 6.98 Å². The minimum Gasteiger partial charge on any atom is -0.411 e. The minimum absolute atomic E-state index is 0.184. The van der Waals surface area contributed by atoms with E-state index >= 15 is 0 Å². The summed E-state index contributed by atoms with van der Waals surface area (Å²) >= 11 is 0. The van der Waals surface area contributed by atoms with Crippen molar-refractivity contribution in [1.82, 2.24) is 4.90 Å². The van der Waals surface area contributed by atoms with E-state index in [4.69, 9.17) is 14.1 Å². The summed E-state index contributed by atoms with van der Waals surface area (Å²) < 4.78 is 27.7. The van der Waals surface area contributed by atoms with Gasteiger partial charge in [0, 0.05) is 29.0 Å². The molecule has 2 rings (SSSR count). The Morgan fingerprint density at radius 3 is 2.75 bits per heavy atom. The molecule has 68 valence electrons. The van der Waals surface area contributed by atoms with Gasteiger partial charge in [0.15, 0.2) is 0 Å². The van der Waals surface area contributed by atoms with Gasteiger partial charge in [0.1, 0.15) is 0 Å². The fraction of sp³-hybridized carbons (Fsp3) is 0.875. The highest BCUT2D eigenvalue weighted by atomic mass is 16.5. The molecule has 2 fully saturated rings. The van der Waals surface area contributed by atoms with Gasteiger partial charge >= 0.3 is 0 Å². The Labute approximate surface area is 76.0 Å². The number of morpholine rings is 1. The van der Waals surface area contributed by atoms with Crippen molar-refractivity contribution in [2.75, 3.05) is 20.2 Å². The first-order valence-electron chi connectivity index (χ1n) is 5.58. The first-order chi connectivity index (χ1) is 7.02. The lowest BCUT2D eigenvalue weighted by Crippen LogP contribution is -2.55. The van der Waals surface area contributed by atoms with Crippen LogP contribution in [0.25, 0.3) is 0 Å². The molecule has 0 amide bonds. The van der Waals surface area contributed by atoms with E-state index in [2.05, 4.69) is 5.16 Å². The highest BCUT2D eigenvalue weighted by molar-refractivity contribution is 5.85. The van der Waals surface area contributed by atoms with Crippen molar-refractivity contribution in [3.8, 4) is 0 Å². The first kappa shape index (κ1) is 5.19. The first-order valence-corrected chi connectivity index (χ1v) is 4.08. The molecule has 4 heteroatoms. The van der Waals surface area contributed by atoms with E-state index in [1.807, 2.05) is 0 Å². The predicted molar refractivity (Wildman–Crippen MR) is 44.6 cm³/mol. The quantitative estimate of drug-likeness (QED) is 0.423. The van der Waals surface area contributed by atoms with Crippen LogP contribution in [0, 0.1) is 0 Å². The summed E-state index contributed by atoms with van der Waals surface area (Å²) in [6.45, 7) is -1.29. The maximum atomic E-state index is 8.72. The lowest BCUT2D eigenvalue weighted by Gasteiger charge is -2.43. The summed E-state index contributed by atoms with van der Waals surface area (Å²) in [6.07, 6.45) is 0.955. The standard InChI is InChI=1S/C8H14N2O2/c1-10-7-2-6(9-11)3-8(10)5-12-4-7/h7-8,11H,2-5H2,1H3/t7-,8+/i1D3. The molecular weight excluding hydrogens is 156 g/mol. The Bertz CT molecular complexity index is 264. The summed E-state index contributed by atoms with van der Waals surface area (Å²) in [5.41, 5.74) is 0.675. The number of hydrogen-bond donors (Lipinski definition) is 1. The van der Waals surface area contributed by atoms with Crippen LogP contribution >= 0.6 is 0 Å². The summed E-state index contributed by atoms with van der Waals surface area (Å²) in [5.74, 6) is 0. The van der Waals surface area contributed by atoms with Gasteiger partial charge in [-0.05, 0) is 6.98 Å². The van der Waals surface area contributed by atoms with Crippen molar-refractivity contribution in [2.24, 2.45) is 5.16 Å². The van der Waals surface area contributed by atoms with Crippen LogP contribution in [0.4, 0.5) is 0 Å². The van der Waals surface area contributed by atoms with Crippen LogP contribution in [-0.2, 0) is 4.74 Å². The molecule has 2 atom stereocenters. The van der Waals surface area contributed by atoms with Crippen LogP contribution in [0.5, 0.6) is 0 Å². The summed E-state index contributed by atoms with van der Waals surface area (Å²) in [7, 11) is 0. The van der Waals surface area contributed by atoms with E-state index in [0.29, 0.717) is 31.8 Å². The molecule has 0 saturated carbocycles. The lowest BCUT2D eigenvalue weighted by atomic mass is 9.93. The molecule has 0 aromatic carbocycles. The zero-order valence-electron chi connectivity index (χ0n) is 9.73. The van der Waals surface area contributed by atoms with E-state index in [9.17, 15) is 0 Å². The molecule has 2 aliphatic rings. The average molecular weight is 173 g/mol. The average Bonchev–Trinajstić information content (AvgIpc) is 2.14. The van der Waals surface area contributed by atoms with Crippen LogP contribution in [0.3, 0.4) is 0 Å². The van der Waals surface area contributed by atoms with Crippen molar-refractivity contribution < 1.29 is 14.1 Å². The zero-order valence-corrected chi connectivity index (χ0v) is 6.73. The molecule has 0 radical (unpaired) electrons. The number of hydrogen-bond acceptors (Lipinski definition) is 4. The third kappa shape index (κ3) is 1.21. The van der Waals surface area contributed by atoms with Gasteiger partial charge in [-0.3, -0.25) is 4.90 Å². The zero-order chi connectivity index (χ0) is 11.1. The molecule has 2 bridgehead atoms. The third-order valence-electron chi connectivity index (χ3n) is 2.49. The second kappa shape index (κ2) is 3.03. The number of rotatable bonds is 0. The van der Waals surface area contributed by atoms with Gasteiger partial charge in [0.2, 0.25) is 0 Å². The molecule has 2 saturated heterocycles. The maximum absolute atomic E-state index is 8.72. The SMILES string of the molecule is [2H]C([2H])([2H])N1[C@@H]2COC[C@H]1CC(=NO)C2. The smallest absolute Gasteiger partial charge is 0.0626 e. The van der Waals surface area contributed by atoms with Gasteiger partial charge < -0.3 is 9.94 Å². The number of fused-ring (bicyclic) bond motifs is 2. The van der Waals surface area contributed by atoms with E-state index in [1.54, 1.807) is 0 Å². The van der Waals surface area contributed by atoms with Crippen LogP contribution in [-0.4, -0.2) is 48.1 Å². The van der Waals surface area contributed by atoms with Gasteiger partial charge in [-0.1, -0.05) is 5.16 Å². The third-order valence-corrected chi connectivity index (χ3v) is 2.49. The number of nitrogens with zero attached hydrogens (tertiary/aromatic N) is 2. The lowest BCUT2D eigenvalue weighted by molar-refractivity contribution is -0.0393. The highest BCUT2D eigenvalue weighted by Gasteiger charge is 2.34. The molecule has 2 aliphatic heterocycles. The van der Waals surface area contributed by atoms with Gasteiger partial charge in [-0.2, -0.15) is 0 Å². The molecular formula is C8H14N2O2. The van der Waals surface area contributed by atoms with Crippen LogP contribution < -0.4 is 0 Å². The van der Waals surface area contributed by atoms with Crippen molar-refractivity contribution in [2.45, 2.75) is 24.9 Å². The van der Waals surface area contributed by atoms with Gasteiger partial charge in [0.25, 0.3) is 0 Å². The Morgan fingerprint density at radius 2 is 2.25 bits per heavy atom. The monoisotopic (exact) mass is 173 g/mol. The fourth-order valence-corrected chi connectivity index (χ4v) is 1.82. The van der Waals surface area contributed by atoms with Gasteiger partial charge in [-0.15, -0.1) is 0 Å². The Balaban J connectivity index is 2.21. The fourth-order valence-electron chi connectivity index (χ4n) is 1.82. The normalized spacial score (nSPS) is 45.0. The summed E-state index contributed by atoms with van der Waals surface area (Å²) in [6, 6.07) is -0.369. The number of oxime groups is 1. The van der Waals surface area contributed by atoms with Gasteiger partial charge in [-0.25, -0.2) is 0 Å². The Morgan fingerprint density at radius 1 is 1.58 bits per heavy atom. The molecule has 0 aromatic heterocycles. The Kier molecular flexibility index (Phi) is 1.31. The summed E-state index contributed by atoms with van der Waals surface area (Å²) in [5, 5.41) is 11.9. The van der Waals surface area contributed by atoms with E-state index in [-0.39, 0.29) is 12.1 Å². The number of piperidine rings is 1. The van der Waals surface area contributed by atoms with Crippen LogP contribution in [0.15, 0.2) is 5.16 Å². The molecule has 0 aliphatic carbocycles. The summed E-state index contributed by atoms with van der Waals surface area (Å²) in [4.78, 5) is 1.52. The minimum atomic E-state index is -2.08. The molecule has 0 unspecified atom stereocenters. The Hall–Kier alpha value is -0.610. The van der Waals surface area contributed by atoms with Crippen LogP contribution in [0.1, 0.15) is 17.0 Å². The molecule has 4 nitrogen and oxygen atoms in total. The molecule has 0 aromatic rings. The van der Waals surface area contributed by atoms with E-state index in [1.165, 1.54) is 4.90 Å². The molecule has 1 N–H and O–H groups in total. The molecule has 12 heavy (non-hydrogen) atoms.